The molecule has 1 saturated heterocycles. The van der Waals surface area contributed by atoms with E-state index in [1.807, 2.05) is 12.1 Å². The van der Waals surface area contributed by atoms with Crippen LogP contribution in [0.1, 0.15) is 31.9 Å². The molecule has 1 fully saturated rings. The summed E-state index contributed by atoms with van der Waals surface area (Å²) in [6.45, 7) is 6.42. The molecule has 4 rings (SSSR count). The Kier molecular flexibility index (Phi) is 5.90. The summed E-state index contributed by atoms with van der Waals surface area (Å²) >= 11 is 19.9. The average Bonchev–Trinajstić information content (AvgIpc) is 3.02. The molecular formula is C23H20Cl3N3OS. The Hall–Kier alpha value is -1.92. The van der Waals surface area contributed by atoms with Crippen molar-refractivity contribution < 1.29 is 4.79 Å². The highest BCUT2D eigenvalue weighted by Crippen LogP contribution is 2.41. The van der Waals surface area contributed by atoms with E-state index in [0.29, 0.717) is 30.8 Å². The van der Waals surface area contributed by atoms with Crippen LogP contribution in [-0.2, 0) is 4.79 Å². The maximum atomic E-state index is 12.5. The second kappa shape index (κ2) is 8.21. The third-order valence-corrected chi connectivity index (χ3v) is 7.38. The van der Waals surface area contributed by atoms with Crippen LogP contribution in [0.4, 0.5) is 11.4 Å². The number of benzene rings is 2. The zero-order valence-electron chi connectivity index (χ0n) is 17.4. The number of nitrogens with one attached hydrogen (secondary N) is 1. The number of anilines is 1. The molecule has 0 aromatic heterocycles. The smallest absolute Gasteiger partial charge is 0.264 e. The number of halogens is 3. The molecule has 0 aliphatic carbocycles. The van der Waals surface area contributed by atoms with Gasteiger partial charge in [0.15, 0.2) is 5.17 Å². The molecular weight excluding hydrogens is 473 g/mol. The maximum Gasteiger partial charge on any atom is 0.264 e. The number of amidine groups is 1. The predicted octanol–water partition coefficient (Wildman–Crippen LogP) is 7.17. The Bertz CT molecular complexity index is 1200. The molecule has 1 N–H and O–H groups in total. The minimum atomic E-state index is -0.219. The molecule has 0 spiro atoms. The van der Waals surface area contributed by atoms with Gasteiger partial charge in [0, 0.05) is 23.3 Å². The van der Waals surface area contributed by atoms with Crippen LogP contribution in [0.15, 0.2) is 46.3 Å². The lowest BCUT2D eigenvalue weighted by Crippen LogP contribution is -2.42. The number of allylic oxidation sites excluding steroid dienone is 1. The van der Waals surface area contributed by atoms with Gasteiger partial charge in [-0.25, -0.2) is 4.99 Å². The van der Waals surface area contributed by atoms with E-state index in [1.165, 1.54) is 17.3 Å². The van der Waals surface area contributed by atoms with Crippen LogP contribution in [0.25, 0.3) is 11.6 Å². The van der Waals surface area contributed by atoms with Gasteiger partial charge in [-0.1, -0.05) is 40.9 Å². The van der Waals surface area contributed by atoms with Crippen molar-refractivity contribution in [3.8, 4) is 0 Å². The standard InChI is InChI=1S/C23H20Cl3N3OS/c1-12-11-23(2,3)29(4)19-10-17(25)13(7-15(12)19)8-20-21(30)28-22(31-20)27-14-5-6-16(24)18(26)9-14/h5-11H,1-4H3,(H,27,28,30)/b20-8+. The first-order valence-electron chi connectivity index (χ1n) is 9.57. The molecule has 0 saturated carbocycles. The van der Waals surface area contributed by atoms with Gasteiger partial charge >= 0.3 is 0 Å². The SMILES string of the molecule is CC1=CC(C)(C)N(C)c2cc(Cl)c(/C=C3/SC(=Nc4ccc(Cl)c(Cl)c4)NC3=O)cc21. The highest BCUT2D eigenvalue weighted by molar-refractivity contribution is 8.18. The Morgan fingerprint density at radius 2 is 1.84 bits per heavy atom. The molecule has 2 aliphatic heterocycles. The van der Waals surface area contributed by atoms with Crippen LogP contribution < -0.4 is 10.2 Å². The summed E-state index contributed by atoms with van der Waals surface area (Å²) in [7, 11) is 2.06. The van der Waals surface area contributed by atoms with E-state index in [4.69, 9.17) is 34.8 Å². The summed E-state index contributed by atoms with van der Waals surface area (Å²) in [5.74, 6) is -0.219. The number of likely N-dealkylation sites (N-methyl/N-ethyl adjacent to an activating group) is 1. The van der Waals surface area contributed by atoms with Crippen molar-refractivity contribution in [2.75, 3.05) is 11.9 Å². The van der Waals surface area contributed by atoms with Gasteiger partial charge in [-0.05, 0) is 80.1 Å². The minimum absolute atomic E-state index is 0.0997. The lowest BCUT2D eigenvalue weighted by atomic mass is 9.88. The number of aliphatic imine (C=N–C) groups is 1. The molecule has 2 aliphatic rings. The molecule has 0 atom stereocenters. The number of nitrogens with zero attached hydrogens (tertiary/aromatic N) is 2. The van der Waals surface area contributed by atoms with E-state index in [9.17, 15) is 4.79 Å². The Balaban J connectivity index is 1.66. The van der Waals surface area contributed by atoms with Crippen molar-refractivity contribution in [3.63, 3.8) is 0 Å². The van der Waals surface area contributed by atoms with E-state index in [2.05, 4.69) is 49.1 Å². The monoisotopic (exact) mass is 491 g/mol. The molecule has 2 heterocycles. The van der Waals surface area contributed by atoms with Gasteiger partial charge < -0.3 is 10.2 Å². The van der Waals surface area contributed by atoms with E-state index >= 15 is 0 Å². The fourth-order valence-corrected chi connectivity index (χ4v) is 4.93. The summed E-state index contributed by atoms with van der Waals surface area (Å²) in [4.78, 5) is 19.7. The van der Waals surface area contributed by atoms with E-state index in [1.54, 1.807) is 24.3 Å². The average molecular weight is 493 g/mol. The summed E-state index contributed by atoms with van der Waals surface area (Å²) in [5, 5.41) is 4.71. The van der Waals surface area contributed by atoms with Gasteiger partial charge in [-0.15, -0.1) is 0 Å². The van der Waals surface area contributed by atoms with E-state index in [-0.39, 0.29) is 11.4 Å². The number of carbonyl (C=O) groups excluding carboxylic acids is 1. The fraction of sp³-hybridized carbons (Fsp3) is 0.217. The topological polar surface area (TPSA) is 44.7 Å². The molecule has 4 nitrogen and oxygen atoms in total. The Labute approximate surface area is 201 Å². The Morgan fingerprint density at radius 1 is 1.10 bits per heavy atom. The predicted molar refractivity (Wildman–Crippen MR) is 135 cm³/mol. The third kappa shape index (κ3) is 4.37. The van der Waals surface area contributed by atoms with Crippen LogP contribution in [0.2, 0.25) is 15.1 Å². The van der Waals surface area contributed by atoms with Gasteiger partial charge in [-0.3, -0.25) is 4.79 Å². The van der Waals surface area contributed by atoms with Gasteiger partial charge in [-0.2, -0.15) is 0 Å². The zero-order chi connectivity index (χ0) is 22.5. The molecule has 2 aromatic rings. The number of thioether (sulfide) groups is 1. The lowest BCUT2D eigenvalue weighted by Gasteiger charge is -2.40. The number of rotatable bonds is 2. The first kappa shape index (κ1) is 22.3. The second-order valence-corrected chi connectivity index (χ2v) is 10.3. The summed E-state index contributed by atoms with van der Waals surface area (Å²) in [5.41, 5.74) is 4.65. The molecule has 0 unspecified atom stereocenters. The second-order valence-electron chi connectivity index (χ2n) is 8.01. The maximum absolute atomic E-state index is 12.5. The normalized spacial score (nSPS) is 20.2. The van der Waals surface area contributed by atoms with Crippen molar-refractivity contribution in [2.24, 2.45) is 4.99 Å². The van der Waals surface area contributed by atoms with Crippen LogP contribution in [0.5, 0.6) is 0 Å². The molecule has 0 radical (unpaired) electrons. The van der Waals surface area contributed by atoms with Crippen molar-refractivity contribution in [3.05, 3.63) is 67.5 Å². The van der Waals surface area contributed by atoms with Crippen molar-refractivity contribution >= 4 is 80.7 Å². The van der Waals surface area contributed by atoms with Gasteiger partial charge in [0.25, 0.3) is 5.91 Å². The number of fused-ring (bicyclic) bond motifs is 1. The van der Waals surface area contributed by atoms with Crippen LogP contribution in [0, 0.1) is 0 Å². The number of amides is 1. The van der Waals surface area contributed by atoms with Gasteiger partial charge in [0.05, 0.1) is 26.2 Å². The highest BCUT2D eigenvalue weighted by atomic mass is 35.5. The van der Waals surface area contributed by atoms with E-state index in [0.717, 1.165) is 16.8 Å². The first-order valence-corrected chi connectivity index (χ1v) is 11.5. The van der Waals surface area contributed by atoms with Crippen LogP contribution >= 0.6 is 46.6 Å². The van der Waals surface area contributed by atoms with Crippen LogP contribution in [-0.4, -0.2) is 23.7 Å². The largest absolute Gasteiger partial charge is 0.365 e. The fourth-order valence-electron chi connectivity index (χ4n) is 3.59. The Morgan fingerprint density at radius 3 is 2.55 bits per heavy atom. The molecule has 160 valence electrons. The van der Waals surface area contributed by atoms with Crippen LogP contribution in [0.3, 0.4) is 0 Å². The third-order valence-electron chi connectivity index (χ3n) is 5.41. The van der Waals surface area contributed by atoms with Gasteiger partial charge in [0.2, 0.25) is 0 Å². The molecule has 0 bridgehead atoms. The molecule has 2 aromatic carbocycles. The molecule has 1 amide bonds. The number of hydrogen-bond donors (Lipinski definition) is 1. The molecule has 8 heteroatoms. The summed E-state index contributed by atoms with van der Waals surface area (Å²) in [6.07, 6.45) is 4.03. The number of carbonyl (C=O) groups is 1. The summed E-state index contributed by atoms with van der Waals surface area (Å²) in [6, 6.07) is 9.05. The van der Waals surface area contributed by atoms with Crippen molar-refractivity contribution in [2.45, 2.75) is 26.3 Å². The number of hydrogen-bond acceptors (Lipinski definition) is 4. The van der Waals surface area contributed by atoms with Crippen molar-refractivity contribution in [1.29, 1.82) is 0 Å². The lowest BCUT2D eigenvalue weighted by molar-refractivity contribution is -0.115. The first-order chi connectivity index (χ1) is 14.5. The minimum Gasteiger partial charge on any atom is -0.365 e. The molecule has 31 heavy (non-hydrogen) atoms. The highest BCUT2D eigenvalue weighted by Gasteiger charge is 2.30. The van der Waals surface area contributed by atoms with Gasteiger partial charge in [0.1, 0.15) is 0 Å². The summed E-state index contributed by atoms with van der Waals surface area (Å²) < 4.78 is 0. The zero-order valence-corrected chi connectivity index (χ0v) is 20.5. The van der Waals surface area contributed by atoms with Crippen molar-refractivity contribution in [1.82, 2.24) is 5.32 Å². The quantitative estimate of drug-likeness (QED) is 0.452. The van der Waals surface area contributed by atoms with E-state index < -0.39 is 0 Å².